The summed E-state index contributed by atoms with van der Waals surface area (Å²) in [6.07, 6.45) is 0.153. The standard InChI is InChI=1S/C15H18BrNOS/c1-11-8-13(5-6-15(11)16)18-12(2)9-17-10-14-4-3-7-19-14/h3-8,12,17H,9-10H2,1-2H3. The van der Waals surface area contributed by atoms with Gasteiger partial charge in [0.2, 0.25) is 0 Å². The minimum absolute atomic E-state index is 0.153. The topological polar surface area (TPSA) is 21.3 Å². The molecule has 0 aliphatic rings. The number of benzene rings is 1. The number of aryl methyl sites for hydroxylation is 1. The van der Waals surface area contributed by atoms with E-state index >= 15 is 0 Å². The van der Waals surface area contributed by atoms with Crippen LogP contribution in [-0.4, -0.2) is 12.6 Å². The van der Waals surface area contributed by atoms with Gasteiger partial charge >= 0.3 is 0 Å². The highest BCUT2D eigenvalue weighted by Crippen LogP contribution is 2.22. The smallest absolute Gasteiger partial charge is 0.120 e. The first kappa shape index (κ1) is 14.6. The molecule has 0 spiro atoms. The second-order valence-electron chi connectivity index (χ2n) is 4.55. The third-order valence-electron chi connectivity index (χ3n) is 2.78. The van der Waals surface area contributed by atoms with Gasteiger partial charge in [0.15, 0.2) is 0 Å². The number of ether oxygens (including phenoxy) is 1. The van der Waals surface area contributed by atoms with Gasteiger partial charge in [0.05, 0.1) is 0 Å². The van der Waals surface area contributed by atoms with Crippen LogP contribution in [0.5, 0.6) is 5.75 Å². The highest BCUT2D eigenvalue weighted by Gasteiger charge is 2.05. The van der Waals surface area contributed by atoms with Crippen LogP contribution in [0.4, 0.5) is 0 Å². The zero-order valence-corrected chi connectivity index (χ0v) is 13.6. The molecule has 1 heterocycles. The summed E-state index contributed by atoms with van der Waals surface area (Å²) in [5.41, 5.74) is 1.19. The Balaban J connectivity index is 1.77. The third kappa shape index (κ3) is 4.64. The predicted octanol–water partition coefficient (Wildman–Crippen LogP) is 4.38. The van der Waals surface area contributed by atoms with Crippen LogP contribution >= 0.6 is 27.3 Å². The van der Waals surface area contributed by atoms with E-state index in [1.54, 1.807) is 11.3 Å². The molecule has 0 aliphatic heterocycles. The molecule has 2 rings (SSSR count). The van der Waals surface area contributed by atoms with Crippen LogP contribution in [-0.2, 0) is 6.54 Å². The van der Waals surface area contributed by atoms with E-state index in [1.165, 1.54) is 10.4 Å². The van der Waals surface area contributed by atoms with Crippen LogP contribution in [0, 0.1) is 6.92 Å². The second-order valence-corrected chi connectivity index (χ2v) is 6.44. The van der Waals surface area contributed by atoms with E-state index in [1.807, 2.05) is 12.1 Å². The lowest BCUT2D eigenvalue weighted by molar-refractivity contribution is 0.217. The van der Waals surface area contributed by atoms with Gasteiger partial charge in [-0.3, -0.25) is 0 Å². The van der Waals surface area contributed by atoms with Crippen LogP contribution in [0.15, 0.2) is 40.2 Å². The molecular weight excluding hydrogens is 322 g/mol. The number of rotatable bonds is 6. The maximum atomic E-state index is 5.89. The minimum atomic E-state index is 0.153. The van der Waals surface area contributed by atoms with Crippen molar-refractivity contribution in [2.24, 2.45) is 0 Å². The van der Waals surface area contributed by atoms with Crippen molar-refractivity contribution >= 4 is 27.3 Å². The molecule has 0 amide bonds. The van der Waals surface area contributed by atoms with Crippen molar-refractivity contribution in [2.45, 2.75) is 26.5 Å². The molecule has 2 aromatic rings. The average molecular weight is 340 g/mol. The van der Waals surface area contributed by atoms with E-state index in [9.17, 15) is 0 Å². The Morgan fingerprint density at radius 3 is 2.89 bits per heavy atom. The third-order valence-corrected chi connectivity index (χ3v) is 4.54. The van der Waals surface area contributed by atoms with Crippen molar-refractivity contribution in [1.29, 1.82) is 0 Å². The van der Waals surface area contributed by atoms with Crippen molar-refractivity contribution in [3.05, 3.63) is 50.6 Å². The fraction of sp³-hybridized carbons (Fsp3) is 0.333. The Bertz CT molecular complexity index is 513. The molecule has 0 saturated carbocycles. The summed E-state index contributed by atoms with van der Waals surface area (Å²) in [5.74, 6) is 0.922. The Labute approximate surface area is 126 Å². The normalized spacial score (nSPS) is 12.4. The van der Waals surface area contributed by atoms with Crippen molar-refractivity contribution in [1.82, 2.24) is 5.32 Å². The first-order valence-electron chi connectivity index (χ1n) is 6.31. The van der Waals surface area contributed by atoms with Gasteiger partial charge in [0.1, 0.15) is 11.9 Å². The van der Waals surface area contributed by atoms with E-state index in [0.29, 0.717) is 0 Å². The van der Waals surface area contributed by atoms with Gasteiger partial charge in [-0.15, -0.1) is 11.3 Å². The predicted molar refractivity (Wildman–Crippen MR) is 85.0 cm³/mol. The Kier molecular flexibility index (Phi) is 5.43. The zero-order chi connectivity index (χ0) is 13.7. The molecule has 0 bridgehead atoms. The van der Waals surface area contributed by atoms with Gasteiger partial charge in [-0.05, 0) is 49.1 Å². The number of thiophene rings is 1. The van der Waals surface area contributed by atoms with Crippen molar-refractivity contribution in [3.63, 3.8) is 0 Å². The maximum absolute atomic E-state index is 5.89. The molecule has 102 valence electrons. The summed E-state index contributed by atoms with van der Waals surface area (Å²) in [6.45, 7) is 5.90. The Morgan fingerprint density at radius 2 is 2.21 bits per heavy atom. The van der Waals surface area contributed by atoms with Gasteiger partial charge in [-0.2, -0.15) is 0 Å². The first-order valence-corrected chi connectivity index (χ1v) is 7.98. The summed E-state index contributed by atoms with van der Waals surface area (Å²) in [7, 11) is 0. The molecule has 0 radical (unpaired) electrons. The van der Waals surface area contributed by atoms with E-state index in [-0.39, 0.29) is 6.10 Å². The molecule has 1 unspecified atom stereocenters. The van der Waals surface area contributed by atoms with E-state index in [2.05, 4.69) is 58.7 Å². The maximum Gasteiger partial charge on any atom is 0.120 e. The lowest BCUT2D eigenvalue weighted by atomic mass is 10.2. The molecule has 1 N–H and O–H groups in total. The van der Waals surface area contributed by atoms with Gasteiger partial charge in [0.25, 0.3) is 0 Å². The van der Waals surface area contributed by atoms with Gasteiger partial charge in [-0.1, -0.05) is 22.0 Å². The van der Waals surface area contributed by atoms with Gasteiger partial charge in [-0.25, -0.2) is 0 Å². The van der Waals surface area contributed by atoms with E-state index < -0.39 is 0 Å². The Morgan fingerprint density at radius 1 is 1.37 bits per heavy atom. The van der Waals surface area contributed by atoms with Crippen LogP contribution in [0.25, 0.3) is 0 Å². The molecule has 1 aromatic carbocycles. The fourth-order valence-electron chi connectivity index (χ4n) is 1.78. The molecule has 0 saturated heterocycles. The molecule has 2 nitrogen and oxygen atoms in total. The molecule has 1 aromatic heterocycles. The molecule has 1 atom stereocenters. The quantitative estimate of drug-likeness (QED) is 0.843. The summed E-state index contributed by atoms with van der Waals surface area (Å²) >= 11 is 5.27. The number of halogens is 1. The summed E-state index contributed by atoms with van der Waals surface area (Å²) in [4.78, 5) is 1.35. The molecule has 19 heavy (non-hydrogen) atoms. The monoisotopic (exact) mass is 339 g/mol. The fourth-order valence-corrected chi connectivity index (χ4v) is 2.70. The van der Waals surface area contributed by atoms with Crippen molar-refractivity contribution in [3.8, 4) is 5.75 Å². The summed E-state index contributed by atoms with van der Waals surface area (Å²) in [6, 6.07) is 10.3. The summed E-state index contributed by atoms with van der Waals surface area (Å²) < 4.78 is 7.00. The number of nitrogens with one attached hydrogen (secondary N) is 1. The second kappa shape index (κ2) is 7.08. The zero-order valence-electron chi connectivity index (χ0n) is 11.2. The summed E-state index contributed by atoms with van der Waals surface area (Å²) in [5, 5.41) is 5.51. The number of hydrogen-bond acceptors (Lipinski definition) is 3. The minimum Gasteiger partial charge on any atom is -0.489 e. The van der Waals surface area contributed by atoms with Gasteiger partial charge < -0.3 is 10.1 Å². The first-order chi connectivity index (χ1) is 9.15. The molecule has 0 aliphatic carbocycles. The van der Waals surface area contributed by atoms with E-state index in [4.69, 9.17) is 4.74 Å². The largest absolute Gasteiger partial charge is 0.489 e. The molecule has 0 fully saturated rings. The lowest BCUT2D eigenvalue weighted by Crippen LogP contribution is -2.28. The van der Waals surface area contributed by atoms with Crippen LogP contribution < -0.4 is 10.1 Å². The average Bonchev–Trinajstić information content (AvgIpc) is 2.87. The number of hydrogen-bond donors (Lipinski definition) is 1. The molecular formula is C15H18BrNOS. The van der Waals surface area contributed by atoms with Crippen LogP contribution in [0.3, 0.4) is 0 Å². The Hall–Kier alpha value is -0.840. The van der Waals surface area contributed by atoms with Gasteiger partial charge in [0, 0.05) is 22.4 Å². The van der Waals surface area contributed by atoms with Crippen molar-refractivity contribution < 1.29 is 4.74 Å². The lowest BCUT2D eigenvalue weighted by Gasteiger charge is -2.16. The van der Waals surface area contributed by atoms with Crippen molar-refractivity contribution in [2.75, 3.05) is 6.54 Å². The highest BCUT2D eigenvalue weighted by atomic mass is 79.9. The van der Waals surface area contributed by atoms with Crippen LogP contribution in [0.1, 0.15) is 17.4 Å². The highest BCUT2D eigenvalue weighted by molar-refractivity contribution is 9.10. The van der Waals surface area contributed by atoms with Crippen LogP contribution in [0.2, 0.25) is 0 Å². The SMILES string of the molecule is Cc1cc(OC(C)CNCc2cccs2)ccc1Br. The molecule has 4 heteroatoms. The van der Waals surface area contributed by atoms with E-state index in [0.717, 1.165) is 23.3 Å².